The lowest BCUT2D eigenvalue weighted by Gasteiger charge is -2.45. The van der Waals surface area contributed by atoms with Crippen LogP contribution in [0.15, 0.2) is 0 Å². The molecule has 0 aromatic carbocycles. The Kier molecular flexibility index (Phi) is 3.77. The fourth-order valence-electron chi connectivity index (χ4n) is 2.67. The van der Waals surface area contributed by atoms with Gasteiger partial charge in [0, 0.05) is 32.2 Å². The molecule has 0 atom stereocenters. The van der Waals surface area contributed by atoms with E-state index < -0.39 is 0 Å². The Labute approximate surface area is 120 Å². The second-order valence-electron chi connectivity index (χ2n) is 6.15. The molecule has 1 amide bonds. The van der Waals surface area contributed by atoms with Gasteiger partial charge in [-0.2, -0.15) is 5.10 Å². The number of nitrogens with two attached hydrogens (primary N) is 1. The van der Waals surface area contributed by atoms with E-state index in [9.17, 15) is 4.79 Å². The maximum absolute atomic E-state index is 12.7. The second kappa shape index (κ2) is 5.09. The molecule has 0 aliphatic carbocycles. The second-order valence-corrected chi connectivity index (χ2v) is 6.15. The van der Waals surface area contributed by atoms with E-state index in [1.165, 1.54) is 0 Å². The third-order valence-electron chi connectivity index (χ3n) is 4.30. The average molecular weight is 279 g/mol. The number of nitrogens with zero attached hydrogens (tertiary/aromatic N) is 4. The topological polar surface area (TPSA) is 67.4 Å². The number of amides is 1. The van der Waals surface area contributed by atoms with Crippen molar-refractivity contribution in [1.29, 1.82) is 0 Å². The normalized spacial score (nSPS) is 19.4. The Morgan fingerprint density at radius 1 is 1.35 bits per heavy atom. The molecule has 1 aliphatic rings. The van der Waals surface area contributed by atoms with E-state index >= 15 is 0 Å². The largest absolute Gasteiger partial charge is 0.395 e. The zero-order valence-corrected chi connectivity index (χ0v) is 13.1. The molecule has 2 N–H and O–H groups in total. The van der Waals surface area contributed by atoms with Crippen molar-refractivity contribution in [2.24, 2.45) is 7.05 Å². The average Bonchev–Trinajstić information content (AvgIpc) is 2.66. The van der Waals surface area contributed by atoms with Gasteiger partial charge in [-0.15, -0.1) is 0 Å². The molecule has 0 saturated carbocycles. The summed E-state index contributed by atoms with van der Waals surface area (Å²) in [5.41, 5.74) is 7.89. The van der Waals surface area contributed by atoms with Crippen LogP contribution in [0.5, 0.6) is 0 Å². The number of aryl methyl sites for hydroxylation is 2. The fourth-order valence-corrected chi connectivity index (χ4v) is 2.67. The molecule has 1 saturated heterocycles. The van der Waals surface area contributed by atoms with Crippen LogP contribution in [0.1, 0.15) is 37.0 Å². The zero-order valence-electron chi connectivity index (χ0n) is 13.1. The molecule has 2 rings (SSSR count). The minimum atomic E-state index is -0.0190. The van der Waals surface area contributed by atoms with Crippen molar-refractivity contribution in [3.63, 3.8) is 0 Å². The summed E-state index contributed by atoms with van der Waals surface area (Å²) in [4.78, 5) is 16.9. The number of rotatable bonds is 2. The minimum absolute atomic E-state index is 0.0154. The van der Waals surface area contributed by atoms with Gasteiger partial charge in [0.15, 0.2) is 0 Å². The van der Waals surface area contributed by atoms with Crippen LogP contribution in [0.3, 0.4) is 0 Å². The van der Waals surface area contributed by atoms with E-state index in [-0.39, 0.29) is 11.4 Å². The molecule has 1 aromatic heterocycles. The van der Waals surface area contributed by atoms with Gasteiger partial charge >= 0.3 is 0 Å². The van der Waals surface area contributed by atoms with Crippen LogP contribution in [0.4, 0.5) is 5.69 Å². The fraction of sp³-hybridized carbons (Fsp3) is 0.714. The van der Waals surface area contributed by atoms with Gasteiger partial charge < -0.3 is 10.6 Å². The molecule has 112 valence electrons. The highest BCUT2D eigenvalue weighted by atomic mass is 16.2. The Morgan fingerprint density at radius 3 is 2.50 bits per heavy atom. The van der Waals surface area contributed by atoms with Gasteiger partial charge in [0.25, 0.3) is 5.91 Å². The molecule has 1 aromatic rings. The lowest BCUT2D eigenvalue weighted by Crippen LogP contribution is -2.59. The van der Waals surface area contributed by atoms with Gasteiger partial charge in [0.2, 0.25) is 0 Å². The van der Waals surface area contributed by atoms with E-state index in [0.29, 0.717) is 17.9 Å². The van der Waals surface area contributed by atoms with E-state index in [4.69, 9.17) is 5.73 Å². The summed E-state index contributed by atoms with van der Waals surface area (Å²) in [6, 6.07) is 0. The first kappa shape index (κ1) is 14.8. The molecular formula is C14H25N5O. The number of hydrogen-bond donors (Lipinski definition) is 1. The highest BCUT2D eigenvalue weighted by Crippen LogP contribution is 2.23. The van der Waals surface area contributed by atoms with Crippen molar-refractivity contribution >= 4 is 11.6 Å². The predicted molar refractivity (Wildman–Crippen MR) is 79.6 cm³/mol. The summed E-state index contributed by atoms with van der Waals surface area (Å²) in [6.07, 6.45) is 0.737. The molecule has 0 bridgehead atoms. The first-order valence-corrected chi connectivity index (χ1v) is 7.09. The smallest absolute Gasteiger partial charge is 0.274 e. The van der Waals surface area contributed by atoms with Crippen LogP contribution in [0, 0.1) is 0 Å². The Hall–Kier alpha value is -1.56. The molecular weight excluding hydrogens is 254 g/mol. The molecule has 1 aliphatic heterocycles. The highest BCUT2D eigenvalue weighted by molar-refractivity contribution is 5.98. The number of anilines is 1. The SMILES string of the molecule is CCc1nn(C)c(C(=O)N2CCN(C)C(C)(C)C2)c1N. The van der Waals surface area contributed by atoms with Crippen LogP contribution >= 0.6 is 0 Å². The first-order valence-electron chi connectivity index (χ1n) is 7.09. The summed E-state index contributed by atoms with van der Waals surface area (Å²) in [6.45, 7) is 8.59. The van der Waals surface area contributed by atoms with Gasteiger partial charge in [0.05, 0.1) is 11.4 Å². The molecule has 2 heterocycles. The Balaban J connectivity index is 2.26. The number of piperazine rings is 1. The van der Waals surface area contributed by atoms with Gasteiger partial charge in [-0.1, -0.05) is 6.92 Å². The van der Waals surface area contributed by atoms with Crippen molar-refractivity contribution in [3.05, 3.63) is 11.4 Å². The molecule has 0 unspecified atom stereocenters. The Morgan fingerprint density at radius 2 is 2.00 bits per heavy atom. The number of hydrogen-bond acceptors (Lipinski definition) is 4. The third-order valence-corrected chi connectivity index (χ3v) is 4.30. The quantitative estimate of drug-likeness (QED) is 0.866. The molecule has 6 heteroatoms. The number of nitrogen functional groups attached to an aromatic ring is 1. The summed E-state index contributed by atoms with van der Waals surface area (Å²) in [5, 5.41) is 4.33. The molecule has 6 nitrogen and oxygen atoms in total. The van der Waals surface area contributed by atoms with Crippen LogP contribution < -0.4 is 5.73 Å². The van der Waals surface area contributed by atoms with Crippen LogP contribution in [-0.2, 0) is 13.5 Å². The maximum Gasteiger partial charge on any atom is 0.274 e. The predicted octanol–water partition coefficient (Wildman–Crippen LogP) is 0.731. The number of aromatic nitrogens is 2. The molecule has 0 spiro atoms. The van der Waals surface area contributed by atoms with Gasteiger partial charge in [-0.3, -0.25) is 14.4 Å². The van der Waals surface area contributed by atoms with Crippen molar-refractivity contribution in [1.82, 2.24) is 19.6 Å². The van der Waals surface area contributed by atoms with E-state index in [2.05, 4.69) is 30.9 Å². The molecule has 0 radical (unpaired) electrons. The van der Waals surface area contributed by atoms with Crippen LogP contribution in [-0.4, -0.2) is 57.7 Å². The van der Waals surface area contributed by atoms with E-state index in [1.54, 1.807) is 11.7 Å². The van der Waals surface area contributed by atoms with E-state index in [0.717, 1.165) is 25.2 Å². The summed E-state index contributed by atoms with van der Waals surface area (Å²) in [5.74, 6) is -0.0154. The number of likely N-dealkylation sites (N-methyl/N-ethyl adjacent to an activating group) is 1. The Bertz CT molecular complexity index is 520. The summed E-state index contributed by atoms with van der Waals surface area (Å²) >= 11 is 0. The lowest BCUT2D eigenvalue weighted by molar-refractivity contribution is 0.0304. The molecule has 1 fully saturated rings. The third kappa shape index (κ3) is 2.40. The summed E-state index contributed by atoms with van der Waals surface area (Å²) < 4.78 is 1.61. The number of carbonyl (C=O) groups excluding carboxylic acids is 1. The monoisotopic (exact) mass is 279 g/mol. The van der Waals surface area contributed by atoms with Crippen molar-refractivity contribution < 1.29 is 4.79 Å². The highest BCUT2D eigenvalue weighted by Gasteiger charge is 2.35. The zero-order chi connectivity index (χ0) is 15.1. The number of carbonyl (C=O) groups is 1. The minimum Gasteiger partial charge on any atom is -0.395 e. The van der Waals surface area contributed by atoms with Gasteiger partial charge in [0.1, 0.15) is 5.69 Å². The van der Waals surface area contributed by atoms with E-state index in [1.807, 2.05) is 11.8 Å². The van der Waals surface area contributed by atoms with Crippen molar-refractivity contribution in [3.8, 4) is 0 Å². The van der Waals surface area contributed by atoms with Crippen molar-refractivity contribution in [2.75, 3.05) is 32.4 Å². The summed E-state index contributed by atoms with van der Waals surface area (Å²) in [7, 11) is 3.87. The molecule has 20 heavy (non-hydrogen) atoms. The lowest BCUT2D eigenvalue weighted by atomic mass is 9.99. The standard InChI is InChI=1S/C14H25N5O/c1-6-10-11(15)12(18(5)16-10)13(20)19-8-7-17(4)14(2,3)9-19/h6-9,15H2,1-5H3. The maximum atomic E-state index is 12.7. The first-order chi connectivity index (χ1) is 9.27. The van der Waals surface area contributed by atoms with Crippen LogP contribution in [0.2, 0.25) is 0 Å². The van der Waals surface area contributed by atoms with Crippen molar-refractivity contribution in [2.45, 2.75) is 32.7 Å². The van der Waals surface area contributed by atoms with Gasteiger partial charge in [-0.05, 0) is 27.3 Å². The van der Waals surface area contributed by atoms with Gasteiger partial charge in [-0.25, -0.2) is 0 Å². The van der Waals surface area contributed by atoms with Crippen LogP contribution in [0.25, 0.3) is 0 Å².